The molecule has 6 heteroatoms. The first kappa shape index (κ1) is 23.1. The van der Waals surface area contributed by atoms with Crippen molar-refractivity contribution in [3.63, 3.8) is 0 Å². The van der Waals surface area contributed by atoms with Crippen LogP contribution in [0.3, 0.4) is 0 Å². The van der Waals surface area contributed by atoms with Crippen LogP contribution in [-0.4, -0.2) is 37.3 Å². The summed E-state index contributed by atoms with van der Waals surface area (Å²) >= 11 is 0. The van der Waals surface area contributed by atoms with E-state index in [1.165, 1.54) is 12.8 Å². The first-order chi connectivity index (χ1) is 16.0. The second kappa shape index (κ2) is 10.2. The molecule has 1 fully saturated rings. The highest BCUT2D eigenvalue weighted by Crippen LogP contribution is 2.30. The van der Waals surface area contributed by atoms with Gasteiger partial charge in [0.2, 0.25) is 0 Å². The fraction of sp³-hybridized carbons (Fsp3) is 0.407. The lowest BCUT2D eigenvalue weighted by Gasteiger charge is -2.29. The second-order valence-corrected chi connectivity index (χ2v) is 9.22. The molecule has 0 aliphatic heterocycles. The molecule has 0 spiro atoms. The topological polar surface area (TPSA) is 73.4 Å². The van der Waals surface area contributed by atoms with Gasteiger partial charge in [0.05, 0.1) is 18.0 Å². The molecule has 2 N–H and O–H groups in total. The molecule has 1 aromatic heterocycles. The van der Waals surface area contributed by atoms with Gasteiger partial charge in [0.15, 0.2) is 0 Å². The maximum absolute atomic E-state index is 13.6. The van der Waals surface area contributed by atoms with Crippen molar-refractivity contribution >= 4 is 28.7 Å². The summed E-state index contributed by atoms with van der Waals surface area (Å²) in [6, 6.07) is 13.8. The molecular formula is C27H34N4O2. The molecule has 0 saturated heterocycles. The quantitative estimate of drug-likeness (QED) is 0.582. The van der Waals surface area contributed by atoms with Gasteiger partial charge in [-0.05, 0) is 79.6 Å². The molecule has 33 heavy (non-hydrogen) atoms. The predicted molar refractivity (Wildman–Crippen MR) is 137 cm³/mol. The number of anilines is 1. The van der Waals surface area contributed by atoms with Crippen LogP contribution in [-0.2, 0) is 6.54 Å². The zero-order valence-corrected chi connectivity index (χ0v) is 19.8. The minimum absolute atomic E-state index is 0.0172. The Morgan fingerprint density at radius 1 is 1.12 bits per heavy atom. The molecule has 1 aliphatic carbocycles. The largest absolute Gasteiger partial charge is 0.497 e. The van der Waals surface area contributed by atoms with Gasteiger partial charge in [-0.2, -0.15) is 0 Å². The smallest absolute Gasteiger partial charge is 0.261 e. The van der Waals surface area contributed by atoms with Crippen LogP contribution in [0.2, 0.25) is 0 Å². The molecular weight excluding hydrogens is 412 g/mol. The standard InChI is InChI=1S/C27H34N4O2/c1-30(2)22-10-7-19(8-11-22)9-14-26-29-25-13-12-23(33-3)16-24(25)27(32)31(26)18-21-6-4-5-20(15-21)17-28/h7-14,16,20-21H,4-6,15,17-18,28H2,1-3H3. The van der Waals surface area contributed by atoms with Crippen LogP contribution in [0.1, 0.15) is 37.1 Å². The molecule has 0 amide bonds. The molecule has 2 aromatic carbocycles. The van der Waals surface area contributed by atoms with E-state index in [9.17, 15) is 4.79 Å². The zero-order chi connectivity index (χ0) is 23.4. The van der Waals surface area contributed by atoms with Gasteiger partial charge >= 0.3 is 0 Å². The summed E-state index contributed by atoms with van der Waals surface area (Å²) in [6.07, 6.45) is 8.52. The monoisotopic (exact) mass is 446 g/mol. The lowest BCUT2D eigenvalue weighted by molar-refractivity contribution is 0.245. The number of hydrogen-bond acceptors (Lipinski definition) is 5. The Morgan fingerprint density at radius 2 is 1.88 bits per heavy atom. The van der Waals surface area contributed by atoms with Gasteiger partial charge in [-0.25, -0.2) is 4.98 Å². The molecule has 2 unspecified atom stereocenters. The van der Waals surface area contributed by atoms with Gasteiger partial charge in [0.25, 0.3) is 5.56 Å². The molecule has 1 saturated carbocycles. The van der Waals surface area contributed by atoms with E-state index in [1.807, 2.05) is 42.9 Å². The maximum atomic E-state index is 13.6. The van der Waals surface area contributed by atoms with Gasteiger partial charge in [0, 0.05) is 26.3 Å². The first-order valence-corrected chi connectivity index (χ1v) is 11.7. The number of benzene rings is 2. The molecule has 4 rings (SSSR count). The Balaban J connectivity index is 1.72. The Kier molecular flexibility index (Phi) is 7.14. The molecule has 1 aliphatic rings. The van der Waals surface area contributed by atoms with Crippen molar-refractivity contribution in [3.8, 4) is 5.75 Å². The normalized spacial score (nSPS) is 18.7. The SMILES string of the molecule is COc1ccc2nc(C=Cc3ccc(N(C)C)cc3)n(CC3CCCC(CN)C3)c(=O)c2c1. The Labute approximate surface area is 195 Å². The summed E-state index contributed by atoms with van der Waals surface area (Å²) < 4.78 is 7.19. The van der Waals surface area contributed by atoms with Crippen LogP contribution in [0.5, 0.6) is 5.75 Å². The van der Waals surface area contributed by atoms with Gasteiger partial charge < -0.3 is 15.4 Å². The van der Waals surface area contributed by atoms with E-state index < -0.39 is 0 Å². The average molecular weight is 447 g/mol. The third-order valence-corrected chi connectivity index (χ3v) is 6.69. The van der Waals surface area contributed by atoms with Crippen LogP contribution >= 0.6 is 0 Å². The molecule has 2 atom stereocenters. The van der Waals surface area contributed by atoms with Crippen LogP contribution in [0, 0.1) is 11.8 Å². The Morgan fingerprint density at radius 3 is 2.58 bits per heavy atom. The maximum Gasteiger partial charge on any atom is 0.261 e. The highest BCUT2D eigenvalue weighted by atomic mass is 16.5. The van der Waals surface area contributed by atoms with Crippen molar-refractivity contribution in [2.24, 2.45) is 17.6 Å². The minimum atomic E-state index is -0.0172. The summed E-state index contributed by atoms with van der Waals surface area (Å²) in [6.45, 7) is 1.38. The number of methoxy groups -OCH3 is 1. The van der Waals surface area contributed by atoms with Crippen LogP contribution in [0.25, 0.3) is 23.1 Å². The number of nitrogens with two attached hydrogens (primary N) is 1. The fourth-order valence-corrected chi connectivity index (χ4v) is 4.74. The summed E-state index contributed by atoms with van der Waals surface area (Å²) in [5.74, 6) is 2.32. The summed E-state index contributed by atoms with van der Waals surface area (Å²) in [5, 5.41) is 0.591. The number of hydrogen-bond donors (Lipinski definition) is 1. The molecule has 3 aromatic rings. The van der Waals surface area contributed by atoms with Crippen molar-refractivity contribution in [1.82, 2.24) is 9.55 Å². The Hall–Kier alpha value is -3.12. The van der Waals surface area contributed by atoms with E-state index in [-0.39, 0.29) is 5.56 Å². The van der Waals surface area contributed by atoms with Gasteiger partial charge in [-0.3, -0.25) is 9.36 Å². The van der Waals surface area contributed by atoms with Crippen molar-refractivity contribution < 1.29 is 4.74 Å². The van der Waals surface area contributed by atoms with Crippen LogP contribution < -0.4 is 20.9 Å². The highest BCUT2D eigenvalue weighted by Gasteiger charge is 2.23. The van der Waals surface area contributed by atoms with Gasteiger partial charge in [0.1, 0.15) is 11.6 Å². The molecule has 6 nitrogen and oxygen atoms in total. The van der Waals surface area contributed by atoms with Gasteiger partial charge in [-0.15, -0.1) is 0 Å². The van der Waals surface area contributed by atoms with Gasteiger partial charge in [-0.1, -0.05) is 24.6 Å². The number of fused-ring (bicyclic) bond motifs is 1. The van der Waals surface area contributed by atoms with Crippen molar-refractivity contribution in [2.75, 3.05) is 32.6 Å². The van der Waals surface area contributed by atoms with E-state index in [1.54, 1.807) is 13.2 Å². The second-order valence-electron chi connectivity index (χ2n) is 9.22. The summed E-state index contributed by atoms with van der Waals surface area (Å²) in [5.41, 5.74) is 8.84. The fourth-order valence-electron chi connectivity index (χ4n) is 4.74. The van der Waals surface area contributed by atoms with E-state index >= 15 is 0 Å². The summed E-state index contributed by atoms with van der Waals surface area (Å²) in [7, 11) is 5.66. The summed E-state index contributed by atoms with van der Waals surface area (Å²) in [4.78, 5) is 20.5. The number of nitrogens with zero attached hydrogens (tertiary/aromatic N) is 3. The Bertz CT molecular complexity index is 1180. The van der Waals surface area contributed by atoms with E-state index in [0.717, 1.165) is 24.1 Å². The number of aromatic nitrogens is 2. The average Bonchev–Trinajstić information content (AvgIpc) is 2.85. The minimum Gasteiger partial charge on any atom is -0.497 e. The number of rotatable bonds is 7. The van der Waals surface area contributed by atoms with E-state index in [0.29, 0.717) is 47.4 Å². The lowest BCUT2D eigenvalue weighted by Crippen LogP contribution is -2.31. The first-order valence-electron chi connectivity index (χ1n) is 11.7. The third-order valence-electron chi connectivity index (χ3n) is 6.69. The number of ether oxygens (including phenoxy) is 1. The van der Waals surface area contributed by atoms with Crippen LogP contribution in [0.4, 0.5) is 5.69 Å². The van der Waals surface area contributed by atoms with Crippen molar-refractivity contribution in [2.45, 2.75) is 32.2 Å². The highest BCUT2D eigenvalue weighted by molar-refractivity contribution is 5.81. The third kappa shape index (κ3) is 5.28. The van der Waals surface area contributed by atoms with E-state index in [2.05, 4.69) is 29.2 Å². The molecule has 1 heterocycles. The zero-order valence-electron chi connectivity index (χ0n) is 19.8. The molecule has 0 bridgehead atoms. The molecule has 174 valence electrons. The molecule has 0 radical (unpaired) electrons. The van der Waals surface area contributed by atoms with Crippen LogP contribution in [0.15, 0.2) is 47.3 Å². The predicted octanol–water partition coefficient (Wildman–Crippen LogP) is 4.41. The van der Waals surface area contributed by atoms with Crippen molar-refractivity contribution in [1.29, 1.82) is 0 Å². The van der Waals surface area contributed by atoms with Crippen molar-refractivity contribution in [3.05, 3.63) is 64.2 Å². The lowest BCUT2D eigenvalue weighted by atomic mass is 9.81. The van der Waals surface area contributed by atoms with E-state index in [4.69, 9.17) is 15.5 Å².